The third-order valence-corrected chi connectivity index (χ3v) is 5.20. The lowest BCUT2D eigenvalue weighted by Gasteiger charge is -2.41. The van der Waals surface area contributed by atoms with Gasteiger partial charge in [0.05, 0.1) is 0 Å². The maximum Gasteiger partial charge on any atom is 0.220 e. The molecular weight excluding hydrogens is 198 g/mol. The summed E-state index contributed by atoms with van der Waals surface area (Å²) in [7, 11) is 0. The smallest absolute Gasteiger partial charge is 0.220 e. The predicted octanol–water partition coefficient (Wildman–Crippen LogP) is 2.87. The van der Waals surface area contributed by atoms with Crippen molar-refractivity contribution in [3.8, 4) is 0 Å². The normalized spacial score (nSPS) is 43.7. The van der Waals surface area contributed by atoms with Crippen molar-refractivity contribution in [2.75, 3.05) is 0 Å². The fourth-order valence-corrected chi connectivity index (χ4v) is 4.27. The Balaban J connectivity index is 1.77. The van der Waals surface area contributed by atoms with E-state index in [1.54, 1.807) is 0 Å². The van der Waals surface area contributed by atoms with Gasteiger partial charge in [-0.15, -0.1) is 0 Å². The first-order chi connectivity index (χ1) is 7.73. The number of nitrogens with one attached hydrogen (secondary N) is 1. The van der Waals surface area contributed by atoms with E-state index in [0.29, 0.717) is 17.4 Å². The van der Waals surface area contributed by atoms with E-state index in [1.165, 1.54) is 38.5 Å². The molecule has 0 radical (unpaired) electrons. The Morgan fingerprint density at radius 3 is 2.81 bits per heavy atom. The van der Waals surface area contributed by atoms with Crippen molar-refractivity contribution < 1.29 is 4.79 Å². The second-order valence-corrected chi connectivity index (χ2v) is 6.26. The Hall–Kier alpha value is -0.530. The van der Waals surface area contributed by atoms with E-state index in [4.69, 9.17) is 0 Å². The van der Waals surface area contributed by atoms with Crippen LogP contribution in [0.1, 0.15) is 58.3 Å². The molecule has 90 valence electrons. The van der Waals surface area contributed by atoms with Gasteiger partial charge in [0.2, 0.25) is 5.91 Å². The summed E-state index contributed by atoms with van der Waals surface area (Å²) in [6.45, 7) is 2.22. The molecule has 0 aromatic heterocycles. The molecule has 1 N–H and O–H groups in total. The second-order valence-electron chi connectivity index (χ2n) is 6.26. The van der Waals surface area contributed by atoms with Gasteiger partial charge in [-0.25, -0.2) is 0 Å². The fourth-order valence-electron chi connectivity index (χ4n) is 4.27. The van der Waals surface area contributed by atoms with Crippen molar-refractivity contribution in [1.82, 2.24) is 5.32 Å². The molecule has 3 rings (SSSR count). The van der Waals surface area contributed by atoms with Gasteiger partial charge in [-0.3, -0.25) is 4.79 Å². The summed E-state index contributed by atoms with van der Waals surface area (Å²) in [5, 5.41) is 3.21. The summed E-state index contributed by atoms with van der Waals surface area (Å²) in [4.78, 5) is 11.7. The van der Waals surface area contributed by atoms with Crippen LogP contribution in [0.4, 0.5) is 0 Å². The summed E-state index contributed by atoms with van der Waals surface area (Å²) in [6, 6.07) is 0.474. The first-order valence-corrected chi connectivity index (χ1v) is 7.03. The quantitative estimate of drug-likeness (QED) is 0.763. The zero-order valence-corrected chi connectivity index (χ0v) is 10.3. The maximum absolute atomic E-state index is 11.7. The molecule has 3 aliphatic rings. The Morgan fingerprint density at radius 2 is 2.12 bits per heavy atom. The number of hydrogen-bond donors (Lipinski definition) is 1. The zero-order chi connectivity index (χ0) is 11.2. The van der Waals surface area contributed by atoms with Crippen LogP contribution in [0.3, 0.4) is 0 Å². The highest BCUT2D eigenvalue weighted by Gasteiger charge is 2.50. The van der Waals surface area contributed by atoms with E-state index in [2.05, 4.69) is 12.2 Å². The van der Waals surface area contributed by atoms with Crippen molar-refractivity contribution in [1.29, 1.82) is 0 Å². The molecule has 1 spiro atoms. The van der Waals surface area contributed by atoms with E-state index >= 15 is 0 Å². The molecular formula is C14H23NO. The summed E-state index contributed by atoms with van der Waals surface area (Å²) in [5.41, 5.74) is 0.345. The number of carbonyl (C=O) groups excluding carboxylic acids is 1. The standard InChI is InChI=1S/C14H23NO/c1-2-12-14(9-13(16)15-12)7-3-4-11(8-14)10-5-6-10/h10-12H,2-9H2,1H3,(H,15,16). The molecule has 1 amide bonds. The monoisotopic (exact) mass is 221 g/mol. The second kappa shape index (κ2) is 3.75. The van der Waals surface area contributed by atoms with Gasteiger partial charge in [-0.05, 0) is 49.4 Å². The minimum absolute atomic E-state index is 0.309. The molecule has 2 nitrogen and oxygen atoms in total. The molecule has 16 heavy (non-hydrogen) atoms. The van der Waals surface area contributed by atoms with Crippen LogP contribution < -0.4 is 5.32 Å². The van der Waals surface area contributed by atoms with Crippen molar-refractivity contribution in [3.05, 3.63) is 0 Å². The van der Waals surface area contributed by atoms with Gasteiger partial charge in [-0.1, -0.05) is 19.8 Å². The van der Waals surface area contributed by atoms with Crippen LogP contribution in [0.15, 0.2) is 0 Å². The molecule has 1 heterocycles. The van der Waals surface area contributed by atoms with Crippen molar-refractivity contribution in [3.63, 3.8) is 0 Å². The third-order valence-electron chi connectivity index (χ3n) is 5.20. The molecule has 0 aromatic carbocycles. The van der Waals surface area contributed by atoms with Crippen LogP contribution in [0.2, 0.25) is 0 Å². The summed E-state index contributed by atoms with van der Waals surface area (Å²) in [5.74, 6) is 2.27. The average Bonchev–Trinajstić information content (AvgIpc) is 3.06. The lowest BCUT2D eigenvalue weighted by molar-refractivity contribution is -0.120. The minimum atomic E-state index is 0.309. The van der Waals surface area contributed by atoms with Crippen LogP contribution in [0.25, 0.3) is 0 Å². The van der Waals surface area contributed by atoms with Crippen LogP contribution in [0, 0.1) is 17.3 Å². The number of rotatable bonds is 2. The van der Waals surface area contributed by atoms with Crippen LogP contribution in [-0.4, -0.2) is 11.9 Å². The number of carbonyl (C=O) groups is 1. The van der Waals surface area contributed by atoms with E-state index in [0.717, 1.165) is 24.7 Å². The van der Waals surface area contributed by atoms with Gasteiger partial charge in [0, 0.05) is 12.5 Å². The molecule has 0 aromatic rings. The highest BCUT2D eigenvalue weighted by atomic mass is 16.2. The van der Waals surface area contributed by atoms with Gasteiger partial charge in [0.25, 0.3) is 0 Å². The lowest BCUT2D eigenvalue weighted by atomic mass is 9.64. The molecule has 3 unspecified atom stereocenters. The topological polar surface area (TPSA) is 29.1 Å². The average molecular weight is 221 g/mol. The Bertz CT molecular complexity index is 297. The zero-order valence-electron chi connectivity index (χ0n) is 10.3. The number of hydrogen-bond acceptors (Lipinski definition) is 1. The van der Waals surface area contributed by atoms with E-state index in [1.807, 2.05) is 0 Å². The lowest BCUT2D eigenvalue weighted by Crippen LogP contribution is -2.40. The van der Waals surface area contributed by atoms with Gasteiger partial charge in [-0.2, -0.15) is 0 Å². The van der Waals surface area contributed by atoms with Crippen molar-refractivity contribution >= 4 is 5.91 Å². The summed E-state index contributed by atoms with van der Waals surface area (Å²) in [6.07, 6.45) is 10.2. The first kappa shape index (κ1) is 10.6. The van der Waals surface area contributed by atoms with Gasteiger partial charge < -0.3 is 5.32 Å². The highest BCUT2D eigenvalue weighted by molar-refractivity contribution is 5.80. The van der Waals surface area contributed by atoms with Crippen molar-refractivity contribution in [2.24, 2.45) is 17.3 Å². The van der Waals surface area contributed by atoms with E-state index in [9.17, 15) is 4.79 Å². The van der Waals surface area contributed by atoms with Crippen LogP contribution in [-0.2, 0) is 4.79 Å². The Morgan fingerprint density at radius 1 is 1.31 bits per heavy atom. The summed E-state index contributed by atoms with van der Waals surface area (Å²) >= 11 is 0. The predicted molar refractivity (Wildman–Crippen MR) is 64.0 cm³/mol. The summed E-state index contributed by atoms with van der Waals surface area (Å²) < 4.78 is 0. The van der Waals surface area contributed by atoms with Crippen molar-refractivity contribution in [2.45, 2.75) is 64.3 Å². The fraction of sp³-hybridized carbons (Fsp3) is 0.929. The Labute approximate surface area is 98.2 Å². The molecule has 3 fully saturated rings. The van der Waals surface area contributed by atoms with Gasteiger partial charge in [0.1, 0.15) is 0 Å². The number of amides is 1. The molecule has 3 atom stereocenters. The van der Waals surface area contributed by atoms with Gasteiger partial charge >= 0.3 is 0 Å². The third kappa shape index (κ3) is 1.66. The highest BCUT2D eigenvalue weighted by Crippen LogP contribution is 2.54. The molecule has 2 saturated carbocycles. The molecule has 2 heteroatoms. The molecule has 1 aliphatic heterocycles. The largest absolute Gasteiger partial charge is 0.353 e. The first-order valence-electron chi connectivity index (χ1n) is 7.03. The molecule has 1 saturated heterocycles. The minimum Gasteiger partial charge on any atom is -0.353 e. The van der Waals surface area contributed by atoms with Crippen LogP contribution in [0.5, 0.6) is 0 Å². The van der Waals surface area contributed by atoms with Gasteiger partial charge in [0.15, 0.2) is 0 Å². The molecule has 2 aliphatic carbocycles. The van der Waals surface area contributed by atoms with Crippen LogP contribution >= 0.6 is 0 Å². The van der Waals surface area contributed by atoms with E-state index in [-0.39, 0.29) is 0 Å². The maximum atomic E-state index is 11.7. The molecule has 0 bridgehead atoms. The van der Waals surface area contributed by atoms with E-state index < -0.39 is 0 Å². The SMILES string of the molecule is CCC1NC(=O)CC12CCCC(C1CC1)C2. The Kier molecular flexibility index (Phi) is 2.49.